The monoisotopic (exact) mass is 421 g/mol. The molecule has 0 saturated heterocycles. The number of rotatable bonds is 6. The molecule has 3 aromatic heterocycles. The Bertz CT molecular complexity index is 1210. The van der Waals surface area contributed by atoms with Gasteiger partial charge in [-0.3, -0.25) is 9.78 Å². The fourth-order valence-electron chi connectivity index (χ4n) is 3.14. The number of benzene rings is 1. The number of carbonyl (C=O) groups excluding carboxylic acids is 1. The van der Waals surface area contributed by atoms with Gasteiger partial charge in [0.05, 0.1) is 24.0 Å². The highest BCUT2D eigenvalue weighted by Crippen LogP contribution is 2.37. The SMILES string of the molecule is CNC(=O)Cc1nc(NCc2cccc(C)n2)c2c(-c3ccc(F)cc3)csc2n1. The molecule has 0 bridgehead atoms. The topological polar surface area (TPSA) is 79.8 Å². The molecule has 8 heteroatoms. The van der Waals surface area contributed by atoms with Crippen LogP contribution in [0, 0.1) is 12.7 Å². The molecular formula is C22H20FN5OS. The molecule has 152 valence electrons. The van der Waals surface area contributed by atoms with E-state index in [9.17, 15) is 9.18 Å². The van der Waals surface area contributed by atoms with E-state index in [2.05, 4.69) is 25.6 Å². The van der Waals surface area contributed by atoms with Crippen molar-refractivity contribution in [2.45, 2.75) is 19.9 Å². The lowest BCUT2D eigenvalue weighted by molar-refractivity contribution is -0.120. The van der Waals surface area contributed by atoms with E-state index in [1.807, 2.05) is 30.5 Å². The number of pyridine rings is 1. The second kappa shape index (κ2) is 8.54. The molecule has 0 fully saturated rings. The molecule has 1 amide bonds. The molecule has 0 aliphatic heterocycles. The number of fused-ring (bicyclic) bond motifs is 1. The summed E-state index contributed by atoms with van der Waals surface area (Å²) >= 11 is 1.47. The third-order valence-corrected chi connectivity index (χ3v) is 5.49. The van der Waals surface area contributed by atoms with Crippen molar-refractivity contribution in [3.8, 4) is 11.1 Å². The number of aryl methyl sites for hydroxylation is 1. The van der Waals surface area contributed by atoms with E-state index in [1.165, 1.54) is 23.5 Å². The Labute approximate surface area is 177 Å². The molecule has 0 radical (unpaired) electrons. The highest BCUT2D eigenvalue weighted by atomic mass is 32.1. The largest absolute Gasteiger partial charge is 0.364 e. The number of nitrogens with one attached hydrogen (secondary N) is 2. The second-order valence-electron chi connectivity index (χ2n) is 6.80. The zero-order valence-electron chi connectivity index (χ0n) is 16.6. The van der Waals surface area contributed by atoms with Crippen LogP contribution in [0.5, 0.6) is 0 Å². The predicted molar refractivity (Wildman–Crippen MR) is 117 cm³/mol. The van der Waals surface area contributed by atoms with Gasteiger partial charge in [-0.05, 0) is 36.8 Å². The molecule has 2 N–H and O–H groups in total. The number of amides is 1. The van der Waals surface area contributed by atoms with Gasteiger partial charge in [0.1, 0.15) is 22.3 Å². The van der Waals surface area contributed by atoms with Crippen LogP contribution in [-0.4, -0.2) is 27.9 Å². The van der Waals surface area contributed by atoms with Gasteiger partial charge in [0.25, 0.3) is 0 Å². The average molecular weight is 422 g/mol. The lowest BCUT2D eigenvalue weighted by Gasteiger charge is -2.11. The van der Waals surface area contributed by atoms with Gasteiger partial charge in [-0.1, -0.05) is 18.2 Å². The molecule has 30 heavy (non-hydrogen) atoms. The van der Waals surface area contributed by atoms with Gasteiger partial charge < -0.3 is 10.6 Å². The van der Waals surface area contributed by atoms with Crippen LogP contribution in [0.4, 0.5) is 10.2 Å². The Morgan fingerprint density at radius 1 is 1.10 bits per heavy atom. The van der Waals surface area contributed by atoms with Crippen LogP contribution in [-0.2, 0) is 17.8 Å². The van der Waals surface area contributed by atoms with E-state index in [0.29, 0.717) is 18.2 Å². The number of hydrogen-bond donors (Lipinski definition) is 2. The van der Waals surface area contributed by atoms with E-state index in [-0.39, 0.29) is 18.1 Å². The van der Waals surface area contributed by atoms with Crippen LogP contribution >= 0.6 is 11.3 Å². The Balaban J connectivity index is 1.77. The van der Waals surface area contributed by atoms with Crippen LogP contribution in [0.1, 0.15) is 17.2 Å². The van der Waals surface area contributed by atoms with Crippen molar-refractivity contribution >= 4 is 33.3 Å². The number of halogens is 1. The van der Waals surface area contributed by atoms with Crippen molar-refractivity contribution in [1.29, 1.82) is 0 Å². The molecule has 1 aromatic carbocycles. The minimum Gasteiger partial charge on any atom is -0.364 e. The number of nitrogens with zero attached hydrogens (tertiary/aromatic N) is 3. The summed E-state index contributed by atoms with van der Waals surface area (Å²) in [6.45, 7) is 2.42. The number of hydrogen-bond acceptors (Lipinski definition) is 6. The first-order chi connectivity index (χ1) is 14.5. The highest BCUT2D eigenvalue weighted by Gasteiger charge is 2.17. The van der Waals surface area contributed by atoms with Crippen molar-refractivity contribution in [1.82, 2.24) is 20.3 Å². The Morgan fingerprint density at radius 3 is 2.63 bits per heavy atom. The second-order valence-corrected chi connectivity index (χ2v) is 7.66. The number of thiophene rings is 1. The molecule has 0 aliphatic carbocycles. The molecule has 4 rings (SSSR count). The average Bonchev–Trinajstić information content (AvgIpc) is 3.16. The minimum absolute atomic E-state index is 0.0909. The maximum atomic E-state index is 13.4. The van der Waals surface area contributed by atoms with E-state index in [1.54, 1.807) is 19.2 Å². The normalized spacial score (nSPS) is 10.9. The Morgan fingerprint density at radius 2 is 1.90 bits per heavy atom. The van der Waals surface area contributed by atoms with Crippen LogP contribution in [0.2, 0.25) is 0 Å². The van der Waals surface area contributed by atoms with Gasteiger partial charge in [-0.15, -0.1) is 11.3 Å². The molecule has 3 heterocycles. The Kier molecular flexibility index (Phi) is 5.67. The van der Waals surface area contributed by atoms with Gasteiger partial charge in [-0.25, -0.2) is 14.4 Å². The van der Waals surface area contributed by atoms with Crippen LogP contribution < -0.4 is 10.6 Å². The molecule has 6 nitrogen and oxygen atoms in total. The molecular weight excluding hydrogens is 401 g/mol. The number of aromatic nitrogens is 3. The van der Waals surface area contributed by atoms with Gasteiger partial charge in [-0.2, -0.15) is 0 Å². The zero-order valence-corrected chi connectivity index (χ0v) is 17.4. The predicted octanol–water partition coefficient (Wildman–Crippen LogP) is 4.10. The summed E-state index contributed by atoms with van der Waals surface area (Å²) in [4.78, 5) is 26.3. The molecule has 0 spiro atoms. The van der Waals surface area contributed by atoms with Gasteiger partial charge in [0.2, 0.25) is 5.91 Å². The first-order valence-electron chi connectivity index (χ1n) is 9.44. The summed E-state index contributed by atoms with van der Waals surface area (Å²) in [5.74, 6) is 0.624. The van der Waals surface area contributed by atoms with Crippen molar-refractivity contribution < 1.29 is 9.18 Å². The summed E-state index contributed by atoms with van der Waals surface area (Å²) in [5.41, 5.74) is 3.61. The van der Waals surface area contributed by atoms with E-state index in [0.717, 1.165) is 32.7 Å². The van der Waals surface area contributed by atoms with Gasteiger partial charge in [0.15, 0.2) is 0 Å². The Hall–Kier alpha value is -3.39. The molecule has 0 unspecified atom stereocenters. The first kappa shape index (κ1) is 19.9. The maximum Gasteiger partial charge on any atom is 0.227 e. The van der Waals surface area contributed by atoms with Gasteiger partial charge >= 0.3 is 0 Å². The van der Waals surface area contributed by atoms with Crippen LogP contribution in [0.3, 0.4) is 0 Å². The van der Waals surface area contributed by atoms with Gasteiger partial charge in [0, 0.05) is 23.7 Å². The number of carbonyl (C=O) groups is 1. The molecule has 0 aliphatic rings. The van der Waals surface area contributed by atoms with Crippen molar-refractivity contribution in [3.63, 3.8) is 0 Å². The molecule has 4 aromatic rings. The summed E-state index contributed by atoms with van der Waals surface area (Å²) in [5, 5.41) is 8.78. The molecule has 0 saturated carbocycles. The van der Waals surface area contributed by atoms with Crippen LogP contribution in [0.25, 0.3) is 21.3 Å². The van der Waals surface area contributed by atoms with Crippen molar-refractivity contribution in [2.75, 3.05) is 12.4 Å². The fourth-order valence-corrected chi connectivity index (χ4v) is 4.11. The fraction of sp³-hybridized carbons (Fsp3) is 0.182. The lowest BCUT2D eigenvalue weighted by atomic mass is 10.1. The highest BCUT2D eigenvalue weighted by molar-refractivity contribution is 7.17. The quantitative estimate of drug-likeness (QED) is 0.490. The smallest absolute Gasteiger partial charge is 0.227 e. The number of anilines is 1. The third kappa shape index (κ3) is 4.28. The van der Waals surface area contributed by atoms with E-state index < -0.39 is 0 Å². The third-order valence-electron chi connectivity index (χ3n) is 4.62. The maximum absolute atomic E-state index is 13.4. The summed E-state index contributed by atoms with van der Waals surface area (Å²) in [7, 11) is 1.58. The van der Waals surface area contributed by atoms with E-state index in [4.69, 9.17) is 0 Å². The minimum atomic E-state index is -0.286. The standard InChI is InChI=1S/C22H20FN5OS/c1-13-4-3-5-16(26-13)11-25-21-20-17(14-6-8-15(23)9-7-14)12-30-22(20)28-18(27-21)10-19(29)24-2/h3-9,12H,10-11H2,1-2H3,(H,24,29)(H,25,27,28). The summed E-state index contributed by atoms with van der Waals surface area (Å²) in [6.07, 6.45) is 0.0909. The zero-order chi connectivity index (χ0) is 21.1. The summed E-state index contributed by atoms with van der Waals surface area (Å²) in [6, 6.07) is 12.2. The molecule has 0 atom stereocenters. The lowest BCUT2D eigenvalue weighted by Crippen LogP contribution is -2.21. The van der Waals surface area contributed by atoms with E-state index >= 15 is 0 Å². The first-order valence-corrected chi connectivity index (χ1v) is 10.3. The van der Waals surface area contributed by atoms with Crippen molar-refractivity contribution in [3.05, 3.63) is 70.9 Å². The van der Waals surface area contributed by atoms with Crippen molar-refractivity contribution in [2.24, 2.45) is 0 Å². The number of likely N-dealkylation sites (N-methyl/N-ethyl adjacent to an activating group) is 1. The van der Waals surface area contributed by atoms with Crippen LogP contribution in [0.15, 0.2) is 47.8 Å². The summed E-state index contributed by atoms with van der Waals surface area (Å²) < 4.78 is 13.4.